The van der Waals surface area contributed by atoms with Gasteiger partial charge in [0, 0.05) is 0 Å². The predicted molar refractivity (Wildman–Crippen MR) is 47.4 cm³/mol. The van der Waals surface area contributed by atoms with Gasteiger partial charge in [-0.1, -0.05) is 38.1 Å². The standard InChI is InChI=1S/C9H20O3/c1-3-5-6-7-9-11-12-10-8-4-2/h3-9H2,1-2H3. The molecule has 0 atom stereocenters. The topological polar surface area (TPSA) is 27.7 Å². The lowest BCUT2D eigenvalue weighted by Crippen LogP contribution is -1.99. The summed E-state index contributed by atoms with van der Waals surface area (Å²) in [6, 6.07) is 0. The second-order valence-electron chi connectivity index (χ2n) is 2.77. The molecule has 12 heavy (non-hydrogen) atoms. The highest BCUT2D eigenvalue weighted by atomic mass is 17.5. The van der Waals surface area contributed by atoms with Crippen molar-refractivity contribution in [1.29, 1.82) is 0 Å². The van der Waals surface area contributed by atoms with E-state index in [0.717, 1.165) is 12.8 Å². The second kappa shape index (κ2) is 10.9. The number of unbranched alkanes of at least 4 members (excludes halogenated alkanes) is 3. The van der Waals surface area contributed by atoms with Crippen molar-refractivity contribution in [3.63, 3.8) is 0 Å². The third-order valence-electron chi connectivity index (χ3n) is 1.46. The molecule has 0 saturated carbocycles. The Morgan fingerprint density at radius 3 is 2.17 bits per heavy atom. The highest BCUT2D eigenvalue weighted by Gasteiger charge is 1.90. The van der Waals surface area contributed by atoms with Gasteiger partial charge in [-0.3, -0.25) is 0 Å². The predicted octanol–water partition coefficient (Wildman–Crippen LogP) is 2.86. The van der Waals surface area contributed by atoms with Crippen molar-refractivity contribution in [2.45, 2.75) is 46.0 Å². The van der Waals surface area contributed by atoms with Crippen LogP contribution < -0.4 is 0 Å². The monoisotopic (exact) mass is 176 g/mol. The Hall–Kier alpha value is -0.120. The van der Waals surface area contributed by atoms with Gasteiger partial charge in [0.05, 0.1) is 13.2 Å². The molecule has 0 aromatic heterocycles. The Kier molecular flexibility index (Phi) is 10.8. The maximum absolute atomic E-state index is 4.76. The van der Waals surface area contributed by atoms with Crippen molar-refractivity contribution in [3.8, 4) is 0 Å². The average molecular weight is 176 g/mol. The quantitative estimate of drug-likeness (QED) is 0.307. The minimum atomic E-state index is 0.592. The van der Waals surface area contributed by atoms with E-state index < -0.39 is 0 Å². The molecule has 0 N–H and O–H groups in total. The first kappa shape index (κ1) is 11.9. The molecule has 0 unspecified atom stereocenters. The van der Waals surface area contributed by atoms with Gasteiger partial charge in [0.2, 0.25) is 0 Å². The highest BCUT2D eigenvalue weighted by Crippen LogP contribution is 1.99. The average Bonchev–Trinajstić information content (AvgIpc) is 2.10. The van der Waals surface area contributed by atoms with E-state index >= 15 is 0 Å². The van der Waals surface area contributed by atoms with Crippen LogP contribution in [0.3, 0.4) is 0 Å². The SMILES string of the molecule is CCCCCCOOOCCC. The summed E-state index contributed by atoms with van der Waals surface area (Å²) >= 11 is 0. The molecule has 0 heterocycles. The van der Waals surface area contributed by atoms with E-state index in [4.69, 9.17) is 4.89 Å². The van der Waals surface area contributed by atoms with Gasteiger partial charge in [-0.2, -0.15) is 0 Å². The lowest BCUT2D eigenvalue weighted by molar-refractivity contribution is -0.512. The molecule has 0 spiro atoms. The summed E-state index contributed by atoms with van der Waals surface area (Å²) in [5.74, 6) is 0. The third kappa shape index (κ3) is 9.88. The molecule has 0 aliphatic carbocycles. The smallest absolute Gasteiger partial charge is 0.0853 e. The lowest BCUT2D eigenvalue weighted by Gasteiger charge is -2.01. The van der Waals surface area contributed by atoms with Gasteiger partial charge in [0.15, 0.2) is 0 Å². The first-order valence-electron chi connectivity index (χ1n) is 4.82. The number of rotatable bonds is 9. The van der Waals surface area contributed by atoms with Gasteiger partial charge in [-0.15, -0.1) is 0 Å². The largest absolute Gasteiger partial charge is 0.206 e. The van der Waals surface area contributed by atoms with Crippen LogP contribution in [0, 0.1) is 0 Å². The first-order chi connectivity index (χ1) is 5.91. The molecule has 0 rings (SSSR count). The van der Waals surface area contributed by atoms with Crippen LogP contribution in [0.25, 0.3) is 0 Å². The van der Waals surface area contributed by atoms with Crippen LogP contribution >= 0.6 is 0 Å². The van der Waals surface area contributed by atoms with E-state index in [0.29, 0.717) is 13.2 Å². The van der Waals surface area contributed by atoms with E-state index in [1.54, 1.807) is 0 Å². The number of hydrogen-bond acceptors (Lipinski definition) is 3. The summed E-state index contributed by atoms with van der Waals surface area (Å²) in [6.45, 7) is 5.42. The molecule has 0 aromatic carbocycles. The van der Waals surface area contributed by atoms with Gasteiger partial charge < -0.3 is 0 Å². The third-order valence-corrected chi connectivity index (χ3v) is 1.46. The molecule has 0 aliphatic heterocycles. The Labute approximate surface area is 74.9 Å². The van der Waals surface area contributed by atoms with Gasteiger partial charge in [0.25, 0.3) is 0 Å². The molecule has 0 bridgehead atoms. The van der Waals surface area contributed by atoms with Crippen LogP contribution in [0.15, 0.2) is 0 Å². The van der Waals surface area contributed by atoms with Crippen molar-refractivity contribution in [3.05, 3.63) is 0 Å². The first-order valence-corrected chi connectivity index (χ1v) is 4.82. The Morgan fingerprint density at radius 1 is 0.750 bits per heavy atom. The molecule has 0 fully saturated rings. The summed E-state index contributed by atoms with van der Waals surface area (Å²) in [4.78, 5) is 9.43. The molecule has 0 aromatic rings. The van der Waals surface area contributed by atoms with Crippen molar-refractivity contribution < 1.29 is 14.8 Å². The molecule has 0 aliphatic rings. The summed E-state index contributed by atoms with van der Waals surface area (Å²) < 4.78 is 0. The zero-order valence-corrected chi connectivity index (χ0v) is 8.17. The fourth-order valence-electron chi connectivity index (χ4n) is 0.773. The van der Waals surface area contributed by atoms with E-state index in [1.807, 2.05) is 6.92 Å². The van der Waals surface area contributed by atoms with E-state index in [9.17, 15) is 0 Å². The van der Waals surface area contributed by atoms with Crippen LogP contribution in [0.1, 0.15) is 46.0 Å². The van der Waals surface area contributed by atoms with Crippen LogP contribution in [0.5, 0.6) is 0 Å². The van der Waals surface area contributed by atoms with Crippen molar-refractivity contribution in [1.82, 2.24) is 0 Å². The Morgan fingerprint density at radius 2 is 1.50 bits per heavy atom. The van der Waals surface area contributed by atoms with E-state index in [-0.39, 0.29) is 0 Å². The summed E-state index contributed by atoms with van der Waals surface area (Å²) in [5, 5.41) is 4.45. The fourth-order valence-corrected chi connectivity index (χ4v) is 0.773. The fraction of sp³-hybridized carbons (Fsp3) is 1.00. The molecule has 74 valence electrons. The zero-order valence-electron chi connectivity index (χ0n) is 8.17. The summed E-state index contributed by atoms with van der Waals surface area (Å²) in [5.41, 5.74) is 0. The molecule has 0 radical (unpaired) electrons. The number of hydrogen-bond donors (Lipinski definition) is 0. The van der Waals surface area contributed by atoms with E-state index in [1.165, 1.54) is 19.3 Å². The van der Waals surface area contributed by atoms with Crippen molar-refractivity contribution in [2.75, 3.05) is 13.2 Å². The minimum Gasteiger partial charge on any atom is -0.206 e. The van der Waals surface area contributed by atoms with Crippen LogP contribution in [0.2, 0.25) is 0 Å². The summed E-state index contributed by atoms with van der Waals surface area (Å²) in [7, 11) is 0. The molecule has 3 heteroatoms. The Bertz CT molecular complexity index is 66.2. The van der Waals surface area contributed by atoms with Crippen LogP contribution in [0.4, 0.5) is 0 Å². The molecule has 3 nitrogen and oxygen atoms in total. The van der Waals surface area contributed by atoms with Gasteiger partial charge >= 0.3 is 0 Å². The maximum Gasteiger partial charge on any atom is 0.0853 e. The molecular formula is C9H20O3. The van der Waals surface area contributed by atoms with Crippen LogP contribution in [-0.2, 0) is 14.8 Å². The molecular weight excluding hydrogens is 156 g/mol. The minimum absolute atomic E-state index is 0.592. The summed E-state index contributed by atoms with van der Waals surface area (Å²) in [6.07, 6.45) is 5.70. The lowest BCUT2D eigenvalue weighted by atomic mass is 10.2. The van der Waals surface area contributed by atoms with Crippen molar-refractivity contribution >= 4 is 0 Å². The molecule has 0 saturated heterocycles. The second-order valence-corrected chi connectivity index (χ2v) is 2.77. The van der Waals surface area contributed by atoms with Gasteiger partial charge in [0.1, 0.15) is 0 Å². The van der Waals surface area contributed by atoms with Crippen molar-refractivity contribution in [2.24, 2.45) is 0 Å². The maximum atomic E-state index is 4.76. The van der Waals surface area contributed by atoms with Gasteiger partial charge in [-0.25, -0.2) is 9.78 Å². The zero-order chi connectivity index (χ0) is 9.07. The van der Waals surface area contributed by atoms with E-state index in [2.05, 4.69) is 16.8 Å². The van der Waals surface area contributed by atoms with Crippen LogP contribution in [-0.4, -0.2) is 13.2 Å². The van der Waals surface area contributed by atoms with Gasteiger partial charge in [-0.05, 0) is 12.8 Å². The Balaban J connectivity index is 2.73. The molecule has 0 amide bonds. The highest BCUT2D eigenvalue weighted by molar-refractivity contribution is 4.36. The normalized spacial score (nSPS) is 10.5.